The maximum absolute atomic E-state index is 10.9. The van der Waals surface area contributed by atoms with Crippen molar-refractivity contribution >= 4 is 17.9 Å². The highest BCUT2D eigenvalue weighted by molar-refractivity contribution is 6.32. The number of rotatable bonds is 1. The first-order valence-electron chi connectivity index (χ1n) is 4.87. The van der Waals surface area contributed by atoms with E-state index in [2.05, 4.69) is 4.98 Å². The summed E-state index contributed by atoms with van der Waals surface area (Å²) in [5.74, 6) is 0. The van der Waals surface area contributed by atoms with Gasteiger partial charge >= 0.3 is 0 Å². The van der Waals surface area contributed by atoms with Gasteiger partial charge in [0.1, 0.15) is 5.15 Å². The molecule has 1 aromatic rings. The number of aldehydes is 1. The third kappa shape index (κ3) is 1.44. The van der Waals surface area contributed by atoms with Gasteiger partial charge in [0.25, 0.3) is 0 Å². The standard InChI is InChI=1S/C11H12ClNO/c1-7-8-4-2-3-5-9(8)10(6-14)11(12)13-7/h6H,2-5H2,1H3. The predicted octanol–water partition coefficient (Wildman–Crippen LogP) is 2.73. The quantitative estimate of drug-likeness (QED) is 0.526. The third-order valence-electron chi connectivity index (χ3n) is 2.84. The molecule has 2 nitrogen and oxygen atoms in total. The molecule has 1 aromatic heterocycles. The van der Waals surface area contributed by atoms with Gasteiger partial charge in [-0.15, -0.1) is 0 Å². The number of hydrogen-bond donors (Lipinski definition) is 0. The molecule has 0 N–H and O–H groups in total. The van der Waals surface area contributed by atoms with E-state index in [9.17, 15) is 4.79 Å². The van der Waals surface area contributed by atoms with Crippen LogP contribution in [0, 0.1) is 6.92 Å². The smallest absolute Gasteiger partial charge is 0.153 e. The van der Waals surface area contributed by atoms with Gasteiger partial charge in [0.05, 0.1) is 5.56 Å². The fraction of sp³-hybridized carbons (Fsp3) is 0.455. The summed E-state index contributed by atoms with van der Waals surface area (Å²) in [5.41, 5.74) is 3.95. The Morgan fingerprint density at radius 2 is 1.93 bits per heavy atom. The molecule has 0 bridgehead atoms. The maximum Gasteiger partial charge on any atom is 0.153 e. The first-order chi connectivity index (χ1) is 6.74. The number of pyridine rings is 1. The fourth-order valence-corrected chi connectivity index (χ4v) is 2.41. The third-order valence-corrected chi connectivity index (χ3v) is 3.12. The lowest BCUT2D eigenvalue weighted by molar-refractivity contribution is 0.112. The molecule has 0 saturated carbocycles. The summed E-state index contributed by atoms with van der Waals surface area (Å²) < 4.78 is 0. The molecular formula is C11H12ClNO. The molecule has 0 aromatic carbocycles. The Kier molecular flexibility index (Phi) is 2.55. The summed E-state index contributed by atoms with van der Waals surface area (Å²) in [6, 6.07) is 0. The lowest BCUT2D eigenvalue weighted by Crippen LogP contribution is -2.10. The molecule has 0 radical (unpaired) electrons. The number of halogens is 1. The van der Waals surface area contributed by atoms with Crippen LogP contribution in [0.15, 0.2) is 0 Å². The molecule has 1 aliphatic rings. The van der Waals surface area contributed by atoms with Crippen LogP contribution in [0.5, 0.6) is 0 Å². The van der Waals surface area contributed by atoms with Crippen molar-refractivity contribution in [2.75, 3.05) is 0 Å². The molecule has 1 heterocycles. The molecule has 0 aliphatic heterocycles. The maximum atomic E-state index is 10.9. The Balaban J connectivity index is 2.67. The number of aryl methyl sites for hydroxylation is 1. The van der Waals surface area contributed by atoms with Crippen LogP contribution in [-0.2, 0) is 12.8 Å². The Morgan fingerprint density at radius 3 is 2.57 bits per heavy atom. The van der Waals surface area contributed by atoms with Crippen LogP contribution >= 0.6 is 11.6 Å². The van der Waals surface area contributed by atoms with Gasteiger partial charge in [-0.3, -0.25) is 4.79 Å². The van der Waals surface area contributed by atoms with Crippen molar-refractivity contribution in [3.05, 3.63) is 27.5 Å². The molecule has 2 rings (SSSR count). The first kappa shape index (κ1) is 9.66. The van der Waals surface area contributed by atoms with Crippen molar-refractivity contribution in [3.63, 3.8) is 0 Å². The number of nitrogens with zero attached hydrogens (tertiary/aromatic N) is 1. The van der Waals surface area contributed by atoms with Gasteiger partial charge in [0.15, 0.2) is 6.29 Å². The van der Waals surface area contributed by atoms with E-state index < -0.39 is 0 Å². The van der Waals surface area contributed by atoms with Gasteiger partial charge in [0.2, 0.25) is 0 Å². The zero-order valence-corrected chi connectivity index (χ0v) is 8.90. The molecule has 0 amide bonds. The minimum atomic E-state index is 0.359. The van der Waals surface area contributed by atoms with Crippen LogP contribution in [0.4, 0.5) is 0 Å². The van der Waals surface area contributed by atoms with Gasteiger partial charge in [-0.1, -0.05) is 11.6 Å². The number of carbonyl (C=O) groups is 1. The molecule has 0 atom stereocenters. The highest BCUT2D eigenvalue weighted by Gasteiger charge is 2.18. The predicted molar refractivity (Wildman–Crippen MR) is 56.0 cm³/mol. The zero-order valence-electron chi connectivity index (χ0n) is 8.14. The molecule has 3 heteroatoms. The zero-order chi connectivity index (χ0) is 10.1. The van der Waals surface area contributed by atoms with Crippen molar-refractivity contribution in [2.24, 2.45) is 0 Å². The van der Waals surface area contributed by atoms with E-state index in [-0.39, 0.29) is 0 Å². The highest BCUT2D eigenvalue weighted by Crippen LogP contribution is 2.29. The molecule has 0 fully saturated rings. The van der Waals surface area contributed by atoms with Crippen molar-refractivity contribution in [1.82, 2.24) is 4.98 Å². The number of hydrogen-bond acceptors (Lipinski definition) is 2. The molecule has 0 spiro atoms. The Labute approximate surface area is 88.3 Å². The minimum Gasteiger partial charge on any atom is -0.298 e. The van der Waals surface area contributed by atoms with Gasteiger partial charge in [-0.25, -0.2) is 4.98 Å². The summed E-state index contributed by atoms with van der Waals surface area (Å²) in [5, 5.41) is 0.359. The average molecular weight is 210 g/mol. The van der Waals surface area contributed by atoms with E-state index in [1.807, 2.05) is 6.92 Å². The van der Waals surface area contributed by atoms with E-state index in [0.717, 1.165) is 36.8 Å². The van der Waals surface area contributed by atoms with E-state index in [1.54, 1.807) is 0 Å². The minimum absolute atomic E-state index is 0.359. The normalized spacial score (nSPS) is 15.0. The fourth-order valence-electron chi connectivity index (χ4n) is 2.12. The highest BCUT2D eigenvalue weighted by atomic mass is 35.5. The molecule has 1 aliphatic carbocycles. The second-order valence-corrected chi connectivity index (χ2v) is 4.04. The average Bonchev–Trinajstić information content (AvgIpc) is 2.18. The Morgan fingerprint density at radius 1 is 1.29 bits per heavy atom. The number of fused-ring (bicyclic) bond motifs is 1. The topological polar surface area (TPSA) is 30.0 Å². The largest absolute Gasteiger partial charge is 0.298 e. The van der Waals surface area contributed by atoms with Crippen LogP contribution in [0.1, 0.15) is 40.0 Å². The van der Waals surface area contributed by atoms with E-state index in [1.165, 1.54) is 12.0 Å². The van der Waals surface area contributed by atoms with Crippen LogP contribution in [0.2, 0.25) is 5.15 Å². The van der Waals surface area contributed by atoms with Crippen molar-refractivity contribution in [1.29, 1.82) is 0 Å². The summed E-state index contributed by atoms with van der Waals surface area (Å²) in [7, 11) is 0. The van der Waals surface area contributed by atoms with Crippen LogP contribution < -0.4 is 0 Å². The van der Waals surface area contributed by atoms with Crippen LogP contribution in [-0.4, -0.2) is 11.3 Å². The summed E-state index contributed by atoms with van der Waals surface area (Å²) in [4.78, 5) is 15.1. The van der Waals surface area contributed by atoms with Crippen molar-refractivity contribution in [3.8, 4) is 0 Å². The van der Waals surface area contributed by atoms with E-state index in [0.29, 0.717) is 10.7 Å². The monoisotopic (exact) mass is 209 g/mol. The number of carbonyl (C=O) groups excluding carboxylic acids is 1. The summed E-state index contributed by atoms with van der Waals surface area (Å²) in [6.45, 7) is 1.96. The van der Waals surface area contributed by atoms with Gasteiger partial charge in [-0.2, -0.15) is 0 Å². The molecule has 0 saturated heterocycles. The number of aromatic nitrogens is 1. The molecule has 14 heavy (non-hydrogen) atoms. The van der Waals surface area contributed by atoms with Crippen LogP contribution in [0.25, 0.3) is 0 Å². The van der Waals surface area contributed by atoms with E-state index in [4.69, 9.17) is 11.6 Å². The second-order valence-electron chi connectivity index (χ2n) is 3.68. The first-order valence-corrected chi connectivity index (χ1v) is 5.25. The summed E-state index contributed by atoms with van der Waals surface area (Å²) >= 11 is 5.92. The van der Waals surface area contributed by atoms with Crippen molar-refractivity contribution < 1.29 is 4.79 Å². The van der Waals surface area contributed by atoms with Crippen LogP contribution in [0.3, 0.4) is 0 Å². The van der Waals surface area contributed by atoms with E-state index >= 15 is 0 Å². The van der Waals surface area contributed by atoms with Gasteiger partial charge < -0.3 is 0 Å². The van der Waals surface area contributed by atoms with Gasteiger partial charge in [-0.05, 0) is 43.7 Å². The SMILES string of the molecule is Cc1nc(Cl)c(C=O)c2c1CCCC2. The van der Waals surface area contributed by atoms with Gasteiger partial charge in [0, 0.05) is 5.69 Å². The Bertz CT molecular complexity index is 387. The van der Waals surface area contributed by atoms with Crippen molar-refractivity contribution in [2.45, 2.75) is 32.6 Å². The molecule has 0 unspecified atom stereocenters. The Hall–Kier alpha value is -0.890. The second kappa shape index (κ2) is 3.70. The molecular weight excluding hydrogens is 198 g/mol. The summed E-state index contributed by atoms with van der Waals surface area (Å²) in [6.07, 6.45) is 5.17. The lowest BCUT2D eigenvalue weighted by atomic mass is 9.88. The lowest BCUT2D eigenvalue weighted by Gasteiger charge is -2.19. The molecule has 74 valence electrons.